The lowest BCUT2D eigenvalue weighted by atomic mass is 9.63. The zero-order valence-corrected chi connectivity index (χ0v) is 19.4. The number of halogens is 3. The minimum Gasteiger partial charge on any atom is -0.388 e. The molecule has 4 aliphatic rings. The Morgan fingerprint density at radius 1 is 1.19 bits per heavy atom. The van der Waals surface area contributed by atoms with Crippen molar-refractivity contribution in [1.82, 2.24) is 10.2 Å². The van der Waals surface area contributed by atoms with E-state index in [1.807, 2.05) is 4.90 Å². The SMILES string of the molecule is C=C1/C(=C\C=C2/CCC[C@@]3(C)C2CC[C@@H]3CCN2CCNC(C(F)(F)F)C2)CCC[C@@H]1O. The van der Waals surface area contributed by atoms with Gasteiger partial charge in [0, 0.05) is 19.6 Å². The van der Waals surface area contributed by atoms with Gasteiger partial charge in [-0.3, -0.25) is 0 Å². The van der Waals surface area contributed by atoms with E-state index in [1.165, 1.54) is 36.8 Å². The third kappa shape index (κ3) is 5.02. The molecule has 2 N–H and O–H groups in total. The summed E-state index contributed by atoms with van der Waals surface area (Å²) in [5.41, 5.74) is 3.85. The van der Waals surface area contributed by atoms with Gasteiger partial charge in [0.2, 0.25) is 0 Å². The van der Waals surface area contributed by atoms with Crippen molar-refractivity contribution in [2.45, 2.75) is 83.0 Å². The van der Waals surface area contributed by atoms with Crippen LogP contribution < -0.4 is 5.32 Å². The van der Waals surface area contributed by atoms with Crippen LogP contribution in [-0.4, -0.2) is 54.5 Å². The molecule has 1 aliphatic heterocycles. The van der Waals surface area contributed by atoms with Gasteiger partial charge in [0.25, 0.3) is 0 Å². The number of hydrogen-bond donors (Lipinski definition) is 2. The van der Waals surface area contributed by atoms with Crippen molar-refractivity contribution in [2.75, 3.05) is 26.2 Å². The van der Waals surface area contributed by atoms with Crippen LogP contribution in [0, 0.1) is 17.3 Å². The molecule has 4 fully saturated rings. The van der Waals surface area contributed by atoms with Crippen LogP contribution in [0.3, 0.4) is 0 Å². The number of allylic oxidation sites excluding steroid dienone is 3. The Kier molecular flexibility index (Phi) is 7.23. The molecule has 0 spiro atoms. The highest BCUT2D eigenvalue weighted by Crippen LogP contribution is 2.58. The molecule has 0 bridgehead atoms. The van der Waals surface area contributed by atoms with Gasteiger partial charge < -0.3 is 15.3 Å². The second-order valence-electron chi connectivity index (χ2n) is 10.7. The Bertz CT molecular complexity index is 759. The number of aliphatic hydroxyl groups is 1. The van der Waals surface area contributed by atoms with Gasteiger partial charge in [-0.25, -0.2) is 0 Å². The third-order valence-corrected chi connectivity index (χ3v) is 8.85. The predicted octanol–water partition coefficient (Wildman–Crippen LogP) is 5.38. The van der Waals surface area contributed by atoms with Gasteiger partial charge in [0.1, 0.15) is 6.04 Å². The average Bonchev–Trinajstić information content (AvgIpc) is 3.09. The van der Waals surface area contributed by atoms with Gasteiger partial charge in [-0.1, -0.05) is 31.2 Å². The van der Waals surface area contributed by atoms with E-state index >= 15 is 0 Å². The largest absolute Gasteiger partial charge is 0.405 e. The highest BCUT2D eigenvalue weighted by Gasteiger charge is 2.49. The molecular weight excluding hydrogens is 413 g/mol. The molecule has 6 heteroatoms. The van der Waals surface area contributed by atoms with Gasteiger partial charge in [-0.15, -0.1) is 0 Å². The molecule has 1 saturated heterocycles. The van der Waals surface area contributed by atoms with Crippen molar-refractivity contribution in [3.8, 4) is 0 Å². The van der Waals surface area contributed by atoms with Crippen LogP contribution in [0.15, 0.2) is 35.5 Å². The zero-order valence-electron chi connectivity index (χ0n) is 19.4. The molecule has 0 aromatic carbocycles. The second-order valence-corrected chi connectivity index (χ2v) is 10.7. The first-order chi connectivity index (χ1) is 15.2. The fourth-order valence-corrected chi connectivity index (χ4v) is 6.82. The fourth-order valence-electron chi connectivity index (χ4n) is 6.82. The first-order valence-corrected chi connectivity index (χ1v) is 12.5. The monoisotopic (exact) mass is 452 g/mol. The summed E-state index contributed by atoms with van der Waals surface area (Å²) < 4.78 is 39.3. The van der Waals surface area contributed by atoms with E-state index < -0.39 is 18.3 Å². The summed E-state index contributed by atoms with van der Waals surface area (Å²) in [5.74, 6) is 1.15. The van der Waals surface area contributed by atoms with E-state index in [2.05, 4.69) is 31.0 Å². The number of aliphatic hydroxyl groups excluding tert-OH is 1. The van der Waals surface area contributed by atoms with Crippen LogP contribution >= 0.6 is 0 Å². The summed E-state index contributed by atoms with van der Waals surface area (Å²) in [6.45, 7) is 8.48. The summed E-state index contributed by atoms with van der Waals surface area (Å²) in [7, 11) is 0. The highest BCUT2D eigenvalue weighted by molar-refractivity contribution is 5.37. The lowest BCUT2D eigenvalue weighted by Crippen LogP contribution is -2.57. The maximum atomic E-state index is 13.1. The molecule has 4 rings (SSSR count). The zero-order chi connectivity index (χ0) is 22.9. The van der Waals surface area contributed by atoms with Gasteiger partial charge in [0.05, 0.1) is 6.10 Å². The minimum atomic E-state index is -4.17. The van der Waals surface area contributed by atoms with Crippen molar-refractivity contribution in [3.63, 3.8) is 0 Å². The number of fused-ring (bicyclic) bond motifs is 1. The molecule has 0 radical (unpaired) electrons. The van der Waals surface area contributed by atoms with Gasteiger partial charge >= 0.3 is 6.18 Å². The normalized spacial score (nSPS) is 39.6. The lowest BCUT2D eigenvalue weighted by Gasteiger charge is -2.43. The number of piperazine rings is 1. The van der Waals surface area contributed by atoms with Crippen LogP contribution in [-0.2, 0) is 0 Å². The van der Waals surface area contributed by atoms with Crippen LogP contribution in [0.5, 0.6) is 0 Å². The molecule has 0 aromatic heterocycles. The van der Waals surface area contributed by atoms with E-state index in [0.717, 1.165) is 44.2 Å². The smallest absolute Gasteiger partial charge is 0.388 e. The van der Waals surface area contributed by atoms with E-state index in [1.54, 1.807) is 0 Å². The molecule has 180 valence electrons. The molecular formula is C26H39F3N2O. The average molecular weight is 453 g/mol. The Balaban J connectivity index is 1.39. The summed E-state index contributed by atoms with van der Waals surface area (Å²) in [5, 5.41) is 12.7. The van der Waals surface area contributed by atoms with Crippen molar-refractivity contribution < 1.29 is 18.3 Å². The van der Waals surface area contributed by atoms with Gasteiger partial charge in [0.15, 0.2) is 0 Å². The van der Waals surface area contributed by atoms with E-state index in [-0.39, 0.29) is 12.0 Å². The topological polar surface area (TPSA) is 35.5 Å². The summed E-state index contributed by atoms with van der Waals surface area (Å²) in [4.78, 5) is 2.01. The quantitative estimate of drug-likeness (QED) is 0.601. The highest BCUT2D eigenvalue weighted by atomic mass is 19.4. The third-order valence-electron chi connectivity index (χ3n) is 8.85. The van der Waals surface area contributed by atoms with Crippen molar-refractivity contribution >= 4 is 0 Å². The van der Waals surface area contributed by atoms with Crippen LogP contribution in [0.25, 0.3) is 0 Å². The standard InChI is InChI=1S/C26H39F3N2O/c1-18-19(5-3-7-23(18)32)8-9-20-6-4-13-25(2)21(10-11-22(20)25)12-15-31-16-14-30-24(17-31)26(27,28)29/h8-9,21-24,30,32H,1,3-7,10-17H2,2H3/b19-8-,20-9+/t21-,22?,23+,24?,25-/m1/s1. The number of rotatable bonds is 4. The molecule has 0 aromatic rings. The second kappa shape index (κ2) is 9.63. The first-order valence-electron chi connectivity index (χ1n) is 12.5. The molecule has 5 atom stereocenters. The fraction of sp³-hybridized carbons (Fsp3) is 0.769. The van der Waals surface area contributed by atoms with Crippen LogP contribution in [0.1, 0.15) is 64.7 Å². The Hall–Kier alpha value is -1.11. The number of nitrogens with zero attached hydrogens (tertiary/aromatic N) is 1. The number of alkyl halides is 3. The predicted molar refractivity (Wildman–Crippen MR) is 122 cm³/mol. The Morgan fingerprint density at radius 2 is 2.00 bits per heavy atom. The maximum absolute atomic E-state index is 13.1. The molecule has 3 aliphatic carbocycles. The molecule has 1 heterocycles. The lowest BCUT2D eigenvalue weighted by molar-refractivity contribution is -0.164. The summed E-state index contributed by atoms with van der Waals surface area (Å²) >= 11 is 0. The maximum Gasteiger partial charge on any atom is 0.405 e. The van der Waals surface area contributed by atoms with E-state index in [4.69, 9.17) is 0 Å². The Labute approximate surface area is 190 Å². The van der Waals surface area contributed by atoms with Crippen molar-refractivity contribution in [3.05, 3.63) is 35.5 Å². The van der Waals surface area contributed by atoms with Crippen molar-refractivity contribution in [2.24, 2.45) is 17.3 Å². The van der Waals surface area contributed by atoms with Crippen LogP contribution in [0.4, 0.5) is 13.2 Å². The van der Waals surface area contributed by atoms with E-state index in [9.17, 15) is 18.3 Å². The van der Waals surface area contributed by atoms with E-state index in [0.29, 0.717) is 24.9 Å². The first kappa shape index (κ1) is 24.0. The molecule has 2 unspecified atom stereocenters. The molecule has 32 heavy (non-hydrogen) atoms. The number of nitrogens with one attached hydrogen (secondary N) is 1. The van der Waals surface area contributed by atoms with Crippen molar-refractivity contribution in [1.29, 1.82) is 0 Å². The molecule has 3 nitrogen and oxygen atoms in total. The molecule has 3 saturated carbocycles. The summed E-state index contributed by atoms with van der Waals surface area (Å²) in [6.07, 6.45) is 9.67. The number of hydrogen-bond acceptors (Lipinski definition) is 3. The summed E-state index contributed by atoms with van der Waals surface area (Å²) in [6, 6.07) is -1.39. The van der Waals surface area contributed by atoms with Gasteiger partial charge in [-0.2, -0.15) is 13.2 Å². The van der Waals surface area contributed by atoms with Gasteiger partial charge in [-0.05, 0) is 92.7 Å². The Morgan fingerprint density at radius 3 is 2.78 bits per heavy atom. The minimum absolute atomic E-state index is 0.0742. The van der Waals surface area contributed by atoms with Crippen LogP contribution in [0.2, 0.25) is 0 Å². The molecule has 0 amide bonds.